The zero-order chi connectivity index (χ0) is 25.1. The molecular weight excluding hydrogens is 428 g/mol. The predicted octanol–water partition coefficient (Wildman–Crippen LogP) is 9.11. The highest BCUT2D eigenvalue weighted by atomic mass is 16.5. The lowest BCUT2D eigenvalue weighted by Gasteiger charge is -2.36. The van der Waals surface area contributed by atoms with Crippen molar-refractivity contribution in [1.82, 2.24) is 0 Å². The van der Waals surface area contributed by atoms with Crippen LogP contribution in [-0.2, 0) is 12.0 Å². The van der Waals surface area contributed by atoms with Crippen molar-refractivity contribution in [3.05, 3.63) is 77.4 Å². The van der Waals surface area contributed by atoms with E-state index in [1.807, 2.05) is 0 Å². The minimum atomic E-state index is -0.219. The molecule has 0 aromatic heterocycles. The number of hydrogen-bond donors (Lipinski definition) is 1. The van der Waals surface area contributed by atoms with E-state index in [2.05, 4.69) is 88.4 Å². The van der Waals surface area contributed by atoms with Crippen molar-refractivity contribution >= 4 is 0 Å². The molecule has 0 heterocycles. The molecule has 192 valence electrons. The second kappa shape index (κ2) is 13.9. The molecule has 3 unspecified atom stereocenters. The summed E-state index contributed by atoms with van der Waals surface area (Å²) in [6.45, 7) is 9.78. The van der Waals surface area contributed by atoms with E-state index in [1.165, 1.54) is 48.8 Å². The van der Waals surface area contributed by atoms with Gasteiger partial charge in [0.2, 0.25) is 0 Å². The Bertz CT molecular complexity index is 899. The van der Waals surface area contributed by atoms with Crippen LogP contribution in [0.15, 0.2) is 60.7 Å². The Morgan fingerprint density at radius 3 is 2.51 bits per heavy atom. The summed E-state index contributed by atoms with van der Waals surface area (Å²) in [5, 5.41) is 10.6. The maximum atomic E-state index is 10.6. The van der Waals surface area contributed by atoms with Gasteiger partial charge in [0.05, 0.1) is 6.10 Å². The van der Waals surface area contributed by atoms with Gasteiger partial charge in [-0.1, -0.05) is 108 Å². The van der Waals surface area contributed by atoms with E-state index in [-0.39, 0.29) is 11.5 Å². The van der Waals surface area contributed by atoms with Crippen LogP contribution in [-0.4, -0.2) is 11.2 Å². The van der Waals surface area contributed by atoms with Gasteiger partial charge in [-0.3, -0.25) is 0 Å². The first-order chi connectivity index (χ1) is 16.9. The highest BCUT2D eigenvalue weighted by Crippen LogP contribution is 2.45. The summed E-state index contributed by atoms with van der Waals surface area (Å²) in [5.41, 5.74) is 3.94. The minimum absolute atomic E-state index is 0.118. The fourth-order valence-corrected chi connectivity index (χ4v) is 5.57. The molecule has 1 aliphatic rings. The lowest BCUT2D eigenvalue weighted by Crippen LogP contribution is -2.27. The van der Waals surface area contributed by atoms with Crippen molar-refractivity contribution in [2.75, 3.05) is 0 Å². The van der Waals surface area contributed by atoms with Gasteiger partial charge in [-0.25, -0.2) is 0 Å². The molecular formula is C33H48O2. The number of allylic oxidation sites excluding steroid dienone is 2. The molecule has 1 fully saturated rings. The Balaban J connectivity index is 1.89. The molecule has 0 saturated heterocycles. The number of ether oxygens (including phenoxy) is 1. The summed E-state index contributed by atoms with van der Waals surface area (Å²) in [5.74, 6) is 1.89. The van der Waals surface area contributed by atoms with E-state index in [4.69, 9.17) is 4.74 Å². The Labute approximate surface area is 214 Å². The molecule has 0 aliphatic heterocycles. The fourth-order valence-electron chi connectivity index (χ4n) is 5.57. The van der Waals surface area contributed by atoms with Gasteiger partial charge in [0.1, 0.15) is 12.4 Å². The smallest absolute Gasteiger partial charge is 0.123 e. The van der Waals surface area contributed by atoms with Crippen LogP contribution < -0.4 is 4.74 Å². The van der Waals surface area contributed by atoms with Gasteiger partial charge in [-0.05, 0) is 78.5 Å². The Morgan fingerprint density at radius 2 is 1.77 bits per heavy atom. The summed E-state index contributed by atoms with van der Waals surface area (Å²) in [4.78, 5) is 0. The highest BCUT2D eigenvalue weighted by Gasteiger charge is 2.33. The second-order valence-electron chi connectivity index (χ2n) is 11.2. The molecule has 35 heavy (non-hydrogen) atoms. The second-order valence-corrected chi connectivity index (χ2v) is 11.2. The SMILES string of the molecule is CCC=CCC1CCC(O)CC1c1ccc(C(C)(C)CCCCCC)cc1OCc1ccccc1. The largest absolute Gasteiger partial charge is 0.489 e. The van der Waals surface area contributed by atoms with Gasteiger partial charge in [-0.2, -0.15) is 0 Å². The Morgan fingerprint density at radius 1 is 0.971 bits per heavy atom. The maximum Gasteiger partial charge on any atom is 0.123 e. The topological polar surface area (TPSA) is 29.5 Å². The minimum Gasteiger partial charge on any atom is -0.489 e. The fraction of sp³-hybridized carbons (Fsp3) is 0.576. The third-order valence-electron chi connectivity index (χ3n) is 7.89. The van der Waals surface area contributed by atoms with Crippen molar-refractivity contribution in [2.24, 2.45) is 5.92 Å². The van der Waals surface area contributed by atoms with Crippen LogP contribution in [0.5, 0.6) is 5.75 Å². The highest BCUT2D eigenvalue weighted by molar-refractivity contribution is 5.43. The number of unbranched alkanes of at least 4 members (excludes halogenated alkanes) is 3. The monoisotopic (exact) mass is 476 g/mol. The van der Waals surface area contributed by atoms with E-state index < -0.39 is 0 Å². The molecule has 1 saturated carbocycles. The summed E-state index contributed by atoms with van der Waals surface area (Å²) >= 11 is 0. The third kappa shape index (κ3) is 8.24. The van der Waals surface area contributed by atoms with Crippen LogP contribution in [0.3, 0.4) is 0 Å². The molecule has 0 radical (unpaired) electrons. The van der Waals surface area contributed by atoms with E-state index in [0.29, 0.717) is 18.4 Å². The predicted molar refractivity (Wildman–Crippen MR) is 149 cm³/mol. The van der Waals surface area contributed by atoms with Crippen LogP contribution >= 0.6 is 0 Å². The lowest BCUT2D eigenvalue weighted by molar-refractivity contribution is 0.0932. The third-order valence-corrected chi connectivity index (χ3v) is 7.89. The maximum absolute atomic E-state index is 10.6. The Hall–Kier alpha value is -2.06. The summed E-state index contributed by atoms with van der Waals surface area (Å²) in [6.07, 6.45) is 15.7. The van der Waals surface area contributed by atoms with Crippen LogP contribution in [0, 0.1) is 5.92 Å². The Kier molecular flexibility index (Phi) is 10.9. The molecule has 0 spiro atoms. The van der Waals surface area contributed by atoms with Crippen LogP contribution in [0.1, 0.15) is 115 Å². The molecule has 1 N–H and O–H groups in total. The molecule has 2 heteroatoms. The van der Waals surface area contributed by atoms with Gasteiger partial charge in [-0.15, -0.1) is 0 Å². The average Bonchev–Trinajstić information content (AvgIpc) is 2.87. The van der Waals surface area contributed by atoms with E-state index in [0.717, 1.165) is 37.9 Å². The van der Waals surface area contributed by atoms with E-state index in [1.54, 1.807) is 0 Å². The summed E-state index contributed by atoms with van der Waals surface area (Å²) < 4.78 is 6.56. The molecule has 3 rings (SSSR count). The molecule has 2 aromatic rings. The summed E-state index contributed by atoms with van der Waals surface area (Å²) in [6, 6.07) is 17.4. The summed E-state index contributed by atoms with van der Waals surface area (Å²) in [7, 11) is 0. The van der Waals surface area contributed by atoms with Crippen LogP contribution in [0.4, 0.5) is 0 Å². The van der Waals surface area contributed by atoms with Gasteiger partial charge in [0.15, 0.2) is 0 Å². The van der Waals surface area contributed by atoms with Crippen molar-refractivity contribution < 1.29 is 9.84 Å². The first-order valence-electron chi connectivity index (χ1n) is 14.1. The van der Waals surface area contributed by atoms with Gasteiger partial charge < -0.3 is 9.84 Å². The molecule has 0 bridgehead atoms. The number of benzene rings is 2. The first-order valence-corrected chi connectivity index (χ1v) is 14.1. The van der Waals surface area contributed by atoms with Gasteiger partial charge in [0.25, 0.3) is 0 Å². The first kappa shape index (κ1) is 27.5. The zero-order valence-electron chi connectivity index (χ0n) is 22.6. The van der Waals surface area contributed by atoms with Gasteiger partial charge >= 0.3 is 0 Å². The van der Waals surface area contributed by atoms with E-state index in [9.17, 15) is 5.11 Å². The standard InChI is InChI=1S/C33H48O2/c1-5-7-9-14-22-33(3,4)28-19-21-30(32(23-28)35-25-26-15-12-10-13-16-26)31-24-29(34)20-18-27(31)17-11-8-6-2/h8,10-13,15-16,19,21,23,27,29,31,34H,5-7,9,14,17-18,20,22,24-25H2,1-4H3. The average molecular weight is 477 g/mol. The van der Waals surface area contributed by atoms with Crippen LogP contribution in [0.2, 0.25) is 0 Å². The zero-order valence-corrected chi connectivity index (χ0v) is 22.6. The van der Waals surface area contributed by atoms with Gasteiger partial charge in [0, 0.05) is 0 Å². The number of hydrogen-bond acceptors (Lipinski definition) is 2. The van der Waals surface area contributed by atoms with Crippen molar-refractivity contribution in [3.63, 3.8) is 0 Å². The quantitative estimate of drug-likeness (QED) is 0.231. The molecule has 3 atom stereocenters. The van der Waals surface area contributed by atoms with Crippen LogP contribution in [0.25, 0.3) is 0 Å². The lowest BCUT2D eigenvalue weighted by atomic mass is 9.71. The molecule has 1 aliphatic carbocycles. The number of aliphatic hydroxyl groups is 1. The van der Waals surface area contributed by atoms with Crippen molar-refractivity contribution in [1.29, 1.82) is 0 Å². The number of aliphatic hydroxyl groups excluding tert-OH is 1. The normalized spacial score (nSPS) is 20.9. The van der Waals surface area contributed by atoms with Crippen molar-refractivity contribution in [2.45, 2.75) is 116 Å². The molecule has 0 amide bonds. The number of rotatable bonds is 13. The molecule has 2 nitrogen and oxygen atoms in total. The van der Waals surface area contributed by atoms with Crippen molar-refractivity contribution in [3.8, 4) is 5.75 Å². The van der Waals surface area contributed by atoms with E-state index >= 15 is 0 Å². The molecule has 2 aromatic carbocycles.